The third kappa shape index (κ3) is 5.38. The number of imide groups is 2. The third-order valence-corrected chi connectivity index (χ3v) is 7.17. The summed E-state index contributed by atoms with van der Waals surface area (Å²) in [6.07, 6.45) is 5.17. The zero-order valence-corrected chi connectivity index (χ0v) is 22.4. The smallest absolute Gasteiger partial charge is 0.335 e. The van der Waals surface area contributed by atoms with Crippen LogP contribution in [0.5, 0.6) is 5.75 Å². The summed E-state index contributed by atoms with van der Waals surface area (Å²) in [5.74, 6) is -0.738. The number of nitrogens with one attached hydrogen (secondary N) is 1. The molecule has 4 amide bonds. The van der Waals surface area contributed by atoms with Crippen molar-refractivity contribution in [1.82, 2.24) is 9.88 Å². The number of hydrogen-bond donors (Lipinski definition) is 1. The molecule has 0 aliphatic carbocycles. The van der Waals surface area contributed by atoms with Crippen LogP contribution < -0.4 is 15.0 Å². The molecule has 1 atom stereocenters. The summed E-state index contributed by atoms with van der Waals surface area (Å²) in [6.45, 7) is 5.55. The van der Waals surface area contributed by atoms with Crippen LogP contribution >= 0.6 is 0 Å². The maximum absolute atomic E-state index is 13.4. The third-order valence-electron chi connectivity index (χ3n) is 7.17. The van der Waals surface area contributed by atoms with Crippen LogP contribution in [0.3, 0.4) is 0 Å². The van der Waals surface area contributed by atoms with Gasteiger partial charge in [0.25, 0.3) is 11.8 Å². The van der Waals surface area contributed by atoms with Crippen molar-refractivity contribution >= 4 is 40.5 Å². The summed E-state index contributed by atoms with van der Waals surface area (Å²) in [4.78, 5) is 39.3. The van der Waals surface area contributed by atoms with Gasteiger partial charge in [-0.3, -0.25) is 14.9 Å². The number of urea groups is 1. The van der Waals surface area contributed by atoms with E-state index in [1.807, 2.05) is 48.7 Å². The Morgan fingerprint density at radius 2 is 1.70 bits per heavy atom. The lowest BCUT2D eigenvalue weighted by atomic mass is 9.98. The normalized spacial score (nSPS) is 15.5. The average molecular weight is 540 g/mol. The summed E-state index contributed by atoms with van der Waals surface area (Å²) >= 11 is 0. The molecule has 1 saturated heterocycles. The standard InChI is InChI=1S/C32H30FN3O4/c1-3-21(2)25-9-5-7-12-29(25)40-18-8-17-35-20-22(26-10-4-6-11-28(26)35)19-27-30(37)34-32(39)36(31(27)38)24-15-13-23(33)14-16-24/h4-7,9-16,19-21H,3,8,17-18H2,1-2H3,(H,34,37,39)/b27-19-/t21-/m0/s1. The number of hydrogen-bond acceptors (Lipinski definition) is 4. The fourth-order valence-electron chi connectivity index (χ4n) is 4.87. The molecule has 0 spiro atoms. The Balaban J connectivity index is 1.37. The molecule has 1 fully saturated rings. The van der Waals surface area contributed by atoms with Crippen molar-refractivity contribution in [2.45, 2.75) is 39.2 Å². The van der Waals surface area contributed by atoms with Crippen molar-refractivity contribution in [1.29, 1.82) is 0 Å². The second-order valence-electron chi connectivity index (χ2n) is 9.78. The van der Waals surface area contributed by atoms with E-state index in [2.05, 4.69) is 29.8 Å². The summed E-state index contributed by atoms with van der Waals surface area (Å²) in [5.41, 5.74) is 2.81. The molecule has 1 aromatic heterocycles. The first-order chi connectivity index (χ1) is 19.4. The zero-order chi connectivity index (χ0) is 28.2. The maximum atomic E-state index is 13.4. The van der Waals surface area contributed by atoms with Gasteiger partial charge in [-0.2, -0.15) is 0 Å². The van der Waals surface area contributed by atoms with Crippen molar-refractivity contribution in [3.8, 4) is 5.75 Å². The van der Waals surface area contributed by atoms with Gasteiger partial charge < -0.3 is 9.30 Å². The number of carbonyl (C=O) groups is 3. The number of ether oxygens (including phenoxy) is 1. The minimum atomic E-state index is -0.879. The molecule has 5 rings (SSSR count). The van der Waals surface area contributed by atoms with Crippen LogP contribution in [0.2, 0.25) is 0 Å². The van der Waals surface area contributed by atoms with Crippen molar-refractivity contribution in [2.24, 2.45) is 0 Å². The number of halogens is 1. The average Bonchev–Trinajstić information content (AvgIpc) is 3.31. The van der Waals surface area contributed by atoms with Crippen LogP contribution in [0.4, 0.5) is 14.9 Å². The fraction of sp³-hybridized carbons (Fsp3) is 0.219. The van der Waals surface area contributed by atoms with E-state index in [9.17, 15) is 18.8 Å². The number of aryl methyl sites for hydroxylation is 1. The molecule has 0 saturated carbocycles. The molecule has 204 valence electrons. The van der Waals surface area contributed by atoms with Gasteiger partial charge in [-0.1, -0.05) is 50.2 Å². The highest BCUT2D eigenvalue weighted by atomic mass is 19.1. The van der Waals surface area contributed by atoms with Crippen molar-refractivity contribution in [3.05, 3.63) is 102 Å². The van der Waals surface area contributed by atoms with Gasteiger partial charge in [0.15, 0.2) is 0 Å². The predicted octanol–water partition coefficient (Wildman–Crippen LogP) is 6.43. The lowest BCUT2D eigenvalue weighted by Gasteiger charge is -2.26. The number of barbiturate groups is 1. The minimum absolute atomic E-state index is 0.166. The number of carbonyl (C=O) groups excluding carboxylic acids is 3. The molecule has 40 heavy (non-hydrogen) atoms. The van der Waals surface area contributed by atoms with Crippen molar-refractivity contribution in [3.63, 3.8) is 0 Å². The first kappa shape index (κ1) is 26.9. The molecule has 3 aromatic carbocycles. The fourth-order valence-corrected chi connectivity index (χ4v) is 4.87. The van der Waals surface area contributed by atoms with Crippen molar-refractivity contribution < 1.29 is 23.5 Å². The second kappa shape index (κ2) is 11.6. The summed E-state index contributed by atoms with van der Waals surface area (Å²) in [5, 5.41) is 3.08. The van der Waals surface area contributed by atoms with Gasteiger partial charge in [0.1, 0.15) is 17.1 Å². The minimum Gasteiger partial charge on any atom is -0.493 e. The number of nitrogens with zero attached hydrogens (tertiary/aromatic N) is 2. The SMILES string of the molecule is CC[C@H](C)c1ccccc1OCCCn1cc(/C=C2/C(=O)NC(=O)N(c3ccc(F)cc3)C2=O)c2ccccc21. The molecule has 8 heteroatoms. The number of fused-ring (bicyclic) bond motifs is 1. The monoisotopic (exact) mass is 539 g/mol. The number of rotatable bonds is 9. The van der Waals surface area contributed by atoms with Gasteiger partial charge in [0, 0.05) is 29.2 Å². The van der Waals surface area contributed by atoms with Gasteiger partial charge in [0.2, 0.25) is 0 Å². The predicted molar refractivity (Wildman–Crippen MR) is 153 cm³/mol. The molecule has 0 bridgehead atoms. The number of aromatic nitrogens is 1. The number of amides is 4. The molecule has 1 aliphatic rings. The molecular formula is C32H30FN3O4. The lowest BCUT2D eigenvalue weighted by molar-refractivity contribution is -0.122. The van der Waals surface area contributed by atoms with E-state index in [-0.39, 0.29) is 11.3 Å². The highest BCUT2D eigenvalue weighted by Crippen LogP contribution is 2.29. The zero-order valence-electron chi connectivity index (χ0n) is 22.4. The molecule has 2 heterocycles. The van der Waals surface area contributed by atoms with Gasteiger partial charge in [-0.15, -0.1) is 0 Å². The molecule has 1 N–H and O–H groups in total. The Labute approximate surface area is 231 Å². The lowest BCUT2D eigenvalue weighted by Crippen LogP contribution is -2.54. The highest BCUT2D eigenvalue weighted by molar-refractivity contribution is 6.39. The molecular weight excluding hydrogens is 509 g/mol. The van der Waals surface area contributed by atoms with E-state index in [0.29, 0.717) is 24.6 Å². The van der Waals surface area contributed by atoms with Crippen LogP contribution in [-0.2, 0) is 16.1 Å². The van der Waals surface area contributed by atoms with Gasteiger partial charge in [-0.25, -0.2) is 14.1 Å². The maximum Gasteiger partial charge on any atom is 0.335 e. The Hall–Kier alpha value is -4.72. The highest BCUT2D eigenvalue weighted by Gasteiger charge is 2.37. The molecule has 0 radical (unpaired) electrons. The Morgan fingerprint density at radius 1 is 0.975 bits per heavy atom. The number of anilines is 1. The van der Waals surface area contributed by atoms with E-state index in [1.54, 1.807) is 0 Å². The van der Waals surface area contributed by atoms with E-state index in [1.165, 1.54) is 23.8 Å². The van der Waals surface area contributed by atoms with E-state index < -0.39 is 23.7 Å². The first-order valence-corrected chi connectivity index (χ1v) is 13.3. The number of benzene rings is 3. The molecule has 4 aromatic rings. The quantitative estimate of drug-likeness (QED) is 0.151. The van der Waals surface area contributed by atoms with E-state index in [4.69, 9.17) is 4.74 Å². The van der Waals surface area contributed by atoms with Crippen molar-refractivity contribution in [2.75, 3.05) is 11.5 Å². The summed E-state index contributed by atoms with van der Waals surface area (Å²) < 4.78 is 21.6. The molecule has 7 nitrogen and oxygen atoms in total. The van der Waals surface area contributed by atoms with Crippen LogP contribution in [0.1, 0.15) is 43.7 Å². The van der Waals surface area contributed by atoms with E-state index in [0.717, 1.165) is 46.5 Å². The molecule has 1 aliphatic heterocycles. The Bertz CT molecular complexity index is 1610. The second-order valence-corrected chi connectivity index (χ2v) is 9.78. The number of para-hydroxylation sites is 2. The topological polar surface area (TPSA) is 80.6 Å². The first-order valence-electron chi connectivity index (χ1n) is 13.3. The largest absolute Gasteiger partial charge is 0.493 e. The van der Waals surface area contributed by atoms with Crippen LogP contribution in [-0.4, -0.2) is 29.0 Å². The van der Waals surface area contributed by atoms with Gasteiger partial charge in [0.05, 0.1) is 12.3 Å². The van der Waals surface area contributed by atoms with E-state index >= 15 is 0 Å². The molecule has 0 unspecified atom stereocenters. The van der Waals surface area contributed by atoms with Gasteiger partial charge in [-0.05, 0) is 66.8 Å². The van der Waals surface area contributed by atoms with Gasteiger partial charge >= 0.3 is 6.03 Å². The Morgan fingerprint density at radius 3 is 2.48 bits per heavy atom. The summed E-state index contributed by atoms with van der Waals surface area (Å²) in [7, 11) is 0. The van der Waals surface area contributed by atoms with Crippen LogP contribution in [0, 0.1) is 5.82 Å². The van der Waals surface area contributed by atoms with Crippen LogP contribution in [0.15, 0.2) is 84.6 Å². The summed E-state index contributed by atoms with van der Waals surface area (Å²) in [6, 6.07) is 19.9. The van der Waals surface area contributed by atoms with Crippen LogP contribution in [0.25, 0.3) is 17.0 Å². The Kier molecular flexibility index (Phi) is 7.77.